The molecule has 1 aromatic heterocycles. The summed E-state index contributed by atoms with van der Waals surface area (Å²) in [5, 5.41) is 22.2. The van der Waals surface area contributed by atoms with Crippen LogP contribution in [0.15, 0.2) is 22.7 Å². The number of carboxylic acids is 1. The molecule has 0 aliphatic heterocycles. The molecule has 2 N–H and O–H groups in total. The largest absolute Gasteiger partial charge is 0.508 e. The van der Waals surface area contributed by atoms with Gasteiger partial charge in [0.2, 0.25) is 0 Å². The molecule has 0 bridgehead atoms. The average molecular weight is 207 g/mol. The summed E-state index contributed by atoms with van der Waals surface area (Å²) >= 11 is 0. The number of carboxylic acid groups (broad SMARTS) is 1. The highest BCUT2D eigenvalue weighted by Crippen LogP contribution is 2.23. The third kappa shape index (κ3) is 1.90. The number of phenols is 1. The molecule has 5 nitrogen and oxygen atoms in total. The van der Waals surface area contributed by atoms with E-state index in [-0.39, 0.29) is 18.6 Å². The lowest BCUT2D eigenvalue weighted by molar-refractivity contribution is -0.137. The van der Waals surface area contributed by atoms with Gasteiger partial charge in [-0.05, 0) is 18.2 Å². The predicted molar refractivity (Wildman–Crippen MR) is 51.6 cm³/mol. The van der Waals surface area contributed by atoms with E-state index < -0.39 is 5.97 Å². The van der Waals surface area contributed by atoms with Crippen LogP contribution in [0.4, 0.5) is 0 Å². The monoisotopic (exact) mass is 207 g/mol. The van der Waals surface area contributed by atoms with Gasteiger partial charge < -0.3 is 14.7 Å². The Balaban J connectivity index is 2.35. The van der Waals surface area contributed by atoms with E-state index in [1.54, 1.807) is 6.07 Å². The van der Waals surface area contributed by atoms with Gasteiger partial charge in [-0.25, -0.2) is 0 Å². The molecule has 0 amide bonds. The molecule has 2 aromatic rings. The van der Waals surface area contributed by atoms with Crippen molar-refractivity contribution in [1.29, 1.82) is 0 Å². The van der Waals surface area contributed by atoms with Crippen LogP contribution in [0.3, 0.4) is 0 Å². The van der Waals surface area contributed by atoms with E-state index in [1.807, 2.05) is 0 Å². The number of benzene rings is 1. The fourth-order valence-electron chi connectivity index (χ4n) is 1.38. The quantitative estimate of drug-likeness (QED) is 0.797. The number of phenolic OH excluding ortho intramolecular Hbond substituents is 1. The molecule has 0 saturated carbocycles. The van der Waals surface area contributed by atoms with E-state index in [4.69, 9.17) is 9.63 Å². The minimum Gasteiger partial charge on any atom is -0.508 e. The number of hydrogen-bond acceptors (Lipinski definition) is 4. The van der Waals surface area contributed by atoms with Crippen LogP contribution in [0, 0.1) is 0 Å². The molecule has 0 spiro atoms. The molecule has 0 radical (unpaired) electrons. The zero-order valence-electron chi connectivity index (χ0n) is 7.80. The molecular weight excluding hydrogens is 198 g/mol. The highest BCUT2D eigenvalue weighted by molar-refractivity contribution is 5.82. The maximum Gasteiger partial charge on any atom is 0.303 e. The van der Waals surface area contributed by atoms with Gasteiger partial charge in [-0.2, -0.15) is 0 Å². The second-order valence-electron chi connectivity index (χ2n) is 3.20. The smallest absolute Gasteiger partial charge is 0.303 e. The Hall–Kier alpha value is -2.04. The number of aromatic nitrogens is 1. The van der Waals surface area contributed by atoms with Gasteiger partial charge in [-0.1, -0.05) is 5.16 Å². The summed E-state index contributed by atoms with van der Waals surface area (Å²) in [5.74, 6) is -0.287. The lowest BCUT2D eigenvalue weighted by Gasteiger charge is -1.93. The van der Waals surface area contributed by atoms with Gasteiger partial charge in [0.1, 0.15) is 17.0 Å². The topological polar surface area (TPSA) is 83.6 Å². The maximum atomic E-state index is 10.4. The van der Waals surface area contributed by atoms with Crippen LogP contribution in [0.2, 0.25) is 0 Å². The van der Waals surface area contributed by atoms with Crippen LogP contribution in [-0.2, 0) is 11.2 Å². The van der Waals surface area contributed by atoms with E-state index in [0.29, 0.717) is 16.7 Å². The van der Waals surface area contributed by atoms with Gasteiger partial charge in [-0.15, -0.1) is 0 Å². The van der Waals surface area contributed by atoms with Crippen molar-refractivity contribution < 1.29 is 19.5 Å². The van der Waals surface area contributed by atoms with Crippen molar-refractivity contribution in [2.24, 2.45) is 0 Å². The van der Waals surface area contributed by atoms with Crippen LogP contribution in [0.5, 0.6) is 5.75 Å². The SMILES string of the molecule is O=C(O)CCc1onc2ccc(O)cc12. The van der Waals surface area contributed by atoms with Gasteiger partial charge in [0, 0.05) is 11.8 Å². The Morgan fingerprint density at radius 2 is 2.27 bits per heavy atom. The lowest BCUT2D eigenvalue weighted by Crippen LogP contribution is -1.96. The minimum atomic E-state index is -0.889. The molecule has 0 atom stereocenters. The summed E-state index contributed by atoms with van der Waals surface area (Å²) in [6.07, 6.45) is 0.259. The van der Waals surface area contributed by atoms with Crippen LogP contribution in [0.25, 0.3) is 10.9 Å². The Bertz CT molecular complexity index is 503. The lowest BCUT2D eigenvalue weighted by atomic mass is 10.1. The van der Waals surface area contributed by atoms with Gasteiger partial charge in [0.15, 0.2) is 0 Å². The van der Waals surface area contributed by atoms with E-state index in [1.165, 1.54) is 12.1 Å². The number of hydrogen-bond donors (Lipinski definition) is 2. The van der Waals surface area contributed by atoms with E-state index in [0.717, 1.165) is 0 Å². The second kappa shape index (κ2) is 3.61. The van der Waals surface area contributed by atoms with Crippen molar-refractivity contribution >= 4 is 16.9 Å². The molecule has 1 heterocycles. The number of carbonyl (C=O) groups is 1. The number of fused-ring (bicyclic) bond motifs is 1. The van der Waals surface area contributed by atoms with Gasteiger partial charge in [-0.3, -0.25) is 4.79 Å². The summed E-state index contributed by atoms with van der Waals surface area (Å²) in [4.78, 5) is 10.4. The zero-order valence-corrected chi connectivity index (χ0v) is 7.80. The number of aromatic hydroxyl groups is 1. The Morgan fingerprint density at radius 3 is 3.00 bits per heavy atom. The van der Waals surface area contributed by atoms with Crippen molar-refractivity contribution in [3.63, 3.8) is 0 Å². The summed E-state index contributed by atoms with van der Waals surface area (Å²) in [7, 11) is 0. The van der Waals surface area contributed by atoms with E-state index in [9.17, 15) is 9.90 Å². The van der Waals surface area contributed by atoms with Crippen molar-refractivity contribution in [2.75, 3.05) is 0 Å². The molecule has 2 rings (SSSR count). The molecule has 0 aliphatic carbocycles. The van der Waals surface area contributed by atoms with Crippen molar-refractivity contribution in [1.82, 2.24) is 5.16 Å². The first kappa shape index (κ1) is 9.51. The third-order valence-electron chi connectivity index (χ3n) is 2.10. The molecule has 78 valence electrons. The van der Waals surface area contributed by atoms with Crippen LogP contribution in [-0.4, -0.2) is 21.3 Å². The molecular formula is C10H9NO4. The van der Waals surface area contributed by atoms with Crippen LogP contribution in [0.1, 0.15) is 12.2 Å². The van der Waals surface area contributed by atoms with Crippen LogP contribution >= 0.6 is 0 Å². The molecule has 1 aromatic carbocycles. The first-order valence-electron chi connectivity index (χ1n) is 4.46. The van der Waals surface area contributed by atoms with E-state index >= 15 is 0 Å². The van der Waals surface area contributed by atoms with Gasteiger partial charge in [0.25, 0.3) is 0 Å². The predicted octanol–water partition coefficient (Wildman–Crippen LogP) is 1.55. The fourth-order valence-corrected chi connectivity index (χ4v) is 1.38. The number of aliphatic carboxylic acids is 1. The maximum absolute atomic E-state index is 10.4. The van der Waals surface area contributed by atoms with E-state index in [2.05, 4.69) is 5.16 Å². The summed E-state index contributed by atoms with van der Waals surface area (Å²) in [6, 6.07) is 4.65. The molecule has 0 aliphatic rings. The first-order valence-corrected chi connectivity index (χ1v) is 4.46. The van der Waals surface area contributed by atoms with Crippen molar-refractivity contribution in [2.45, 2.75) is 12.8 Å². The molecule has 0 fully saturated rings. The van der Waals surface area contributed by atoms with Crippen molar-refractivity contribution in [3.05, 3.63) is 24.0 Å². The molecule has 5 heteroatoms. The Morgan fingerprint density at radius 1 is 1.47 bits per heavy atom. The van der Waals surface area contributed by atoms with Crippen LogP contribution < -0.4 is 0 Å². The highest BCUT2D eigenvalue weighted by Gasteiger charge is 2.10. The Kier molecular flexibility index (Phi) is 2.29. The van der Waals surface area contributed by atoms with Gasteiger partial charge in [0.05, 0.1) is 6.42 Å². The Labute approximate surface area is 84.9 Å². The average Bonchev–Trinajstić information content (AvgIpc) is 2.57. The van der Waals surface area contributed by atoms with Gasteiger partial charge >= 0.3 is 5.97 Å². The summed E-state index contributed by atoms with van der Waals surface area (Å²) in [6.45, 7) is 0. The second-order valence-corrected chi connectivity index (χ2v) is 3.20. The number of rotatable bonds is 3. The number of nitrogens with zero attached hydrogens (tertiary/aromatic N) is 1. The summed E-state index contributed by atoms with van der Waals surface area (Å²) in [5.41, 5.74) is 0.619. The first-order chi connectivity index (χ1) is 7.16. The third-order valence-corrected chi connectivity index (χ3v) is 2.10. The zero-order chi connectivity index (χ0) is 10.8. The minimum absolute atomic E-state index is 0.0139. The fraction of sp³-hybridized carbons (Fsp3) is 0.200. The number of aryl methyl sites for hydroxylation is 1. The van der Waals surface area contributed by atoms with Crippen molar-refractivity contribution in [3.8, 4) is 5.75 Å². The highest BCUT2D eigenvalue weighted by atomic mass is 16.5. The molecule has 0 unspecified atom stereocenters. The standard InChI is InChI=1S/C10H9NO4/c12-6-1-2-8-7(5-6)9(15-11-8)3-4-10(13)14/h1-2,5,12H,3-4H2,(H,13,14). The normalized spacial score (nSPS) is 10.7. The molecule has 15 heavy (non-hydrogen) atoms. The molecule has 0 saturated heterocycles. The summed E-state index contributed by atoms with van der Waals surface area (Å²) < 4.78 is 5.00.